The predicted molar refractivity (Wildman–Crippen MR) is 143 cm³/mol. The van der Waals surface area contributed by atoms with Crippen LogP contribution in [0.2, 0.25) is 0 Å². The predicted octanol–water partition coefficient (Wildman–Crippen LogP) is 6.13. The lowest BCUT2D eigenvalue weighted by Gasteiger charge is -2.10. The number of rotatable bonds is 8. The van der Waals surface area contributed by atoms with Crippen LogP contribution < -0.4 is 15.5 Å². The van der Waals surface area contributed by atoms with Crippen LogP contribution in [0.5, 0.6) is 5.75 Å². The molecule has 0 heterocycles. The topological polar surface area (TPSA) is 62.7 Å². The molecule has 5 heteroatoms. The van der Waals surface area contributed by atoms with Crippen molar-refractivity contribution in [3.8, 4) is 5.75 Å². The normalized spacial score (nSPS) is 11.1. The molecule has 1 amide bonds. The van der Waals surface area contributed by atoms with Gasteiger partial charge in [0.1, 0.15) is 12.4 Å². The molecule has 0 fully saturated rings. The lowest BCUT2D eigenvalue weighted by atomic mass is 10.1. The third-order valence-electron chi connectivity index (χ3n) is 5.76. The second-order valence-corrected chi connectivity index (χ2v) is 8.17. The summed E-state index contributed by atoms with van der Waals surface area (Å²) >= 11 is 0. The largest absolute Gasteiger partial charge is 0.489 e. The number of hydrazone groups is 1. The molecule has 0 unspecified atom stereocenters. The second-order valence-electron chi connectivity index (χ2n) is 8.17. The van der Waals surface area contributed by atoms with Crippen LogP contribution in [0.15, 0.2) is 114 Å². The minimum atomic E-state index is -0.224. The van der Waals surface area contributed by atoms with Gasteiger partial charge in [-0.2, -0.15) is 5.10 Å². The summed E-state index contributed by atoms with van der Waals surface area (Å²) in [6.45, 7) is 0.595. The molecule has 0 aromatic heterocycles. The van der Waals surface area contributed by atoms with Gasteiger partial charge in [-0.25, -0.2) is 5.43 Å². The van der Waals surface area contributed by atoms with Gasteiger partial charge in [0.25, 0.3) is 5.91 Å². The van der Waals surface area contributed by atoms with Gasteiger partial charge in [-0.15, -0.1) is 0 Å². The molecule has 0 saturated carbocycles. The zero-order valence-electron chi connectivity index (χ0n) is 19.1. The molecular weight excluding hydrogens is 434 g/mol. The number of anilines is 1. The van der Waals surface area contributed by atoms with Gasteiger partial charge in [-0.1, -0.05) is 91.0 Å². The highest BCUT2D eigenvalue weighted by atomic mass is 16.5. The summed E-state index contributed by atoms with van der Waals surface area (Å²) in [5.74, 6) is 0.517. The van der Waals surface area contributed by atoms with E-state index in [0.29, 0.717) is 6.61 Å². The molecule has 35 heavy (non-hydrogen) atoms. The van der Waals surface area contributed by atoms with Crippen molar-refractivity contribution < 1.29 is 9.53 Å². The molecule has 5 rings (SSSR count). The van der Waals surface area contributed by atoms with E-state index >= 15 is 0 Å². The SMILES string of the molecule is O=C(CNc1cccc2ccccc12)N/N=C\c1cccc(OCc2cccc3ccccc23)c1. The summed E-state index contributed by atoms with van der Waals surface area (Å²) in [5.41, 5.74) is 5.46. The Morgan fingerprint density at radius 2 is 1.46 bits per heavy atom. The number of nitrogens with one attached hydrogen (secondary N) is 2. The summed E-state index contributed by atoms with van der Waals surface area (Å²) in [5, 5.41) is 11.9. The molecular formula is C30H25N3O2. The van der Waals surface area contributed by atoms with E-state index in [4.69, 9.17) is 4.74 Å². The molecule has 5 aromatic carbocycles. The number of nitrogens with zero attached hydrogens (tertiary/aromatic N) is 1. The monoisotopic (exact) mass is 459 g/mol. The first-order valence-electron chi connectivity index (χ1n) is 11.5. The van der Waals surface area contributed by atoms with E-state index in [1.807, 2.05) is 84.9 Å². The van der Waals surface area contributed by atoms with Crippen LogP contribution in [-0.2, 0) is 11.4 Å². The Hall–Kier alpha value is -4.64. The highest BCUT2D eigenvalue weighted by molar-refractivity contribution is 5.95. The van der Waals surface area contributed by atoms with E-state index in [9.17, 15) is 4.79 Å². The molecule has 0 aliphatic carbocycles. The van der Waals surface area contributed by atoms with Crippen LogP contribution in [-0.4, -0.2) is 18.7 Å². The quantitative estimate of drug-likeness (QED) is 0.217. The van der Waals surface area contributed by atoms with Crippen molar-refractivity contribution in [3.63, 3.8) is 0 Å². The summed E-state index contributed by atoms with van der Waals surface area (Å²) in [4.78, 5) is 12.3. The fourth-order valence-corrected chi connectivity index (χ4v) is 4.04. The number of amides is 1. The van der Waals surface area contributed by atoms with Crippen molar-refractivity contribution in [2.75, 3.05) is 11.9 Å². The van der Waals surface area contributed by atoms with Crippen LogP contribution in [0.25, 0.3) is 21.5 Å². The van der Waals surface area contributed by atoms with Gasteiger partial charge in [-0.05, 0) is 45.5 Å². The molecule has 0 aliphatic rings. The van der Waals surface area contributed by atoms with E-state index in [1.165, 1.54) is 10.8 Å². The molecule has 0 radical (unpaired) electrons. The number of ether oxygens (including phenoxy) is 1. The van der Waals surface area contributed by atoms with E-state index in [2.05, 4.69) is 40.1 Å². The number of hydrogen-bond donors (Lipinski definition) is 2. The van der Waals surface area contributed by atoms with Crippen molar-refractivity contribution in [1.29, 1.82) is 0 Å². The first-order chi connectivity index (χ1) is 17.3. The van der Waals surface area contributed by atoms with Crippen molar-refractivity contribution in [2.24, 2.45) is 5.10 Å². The fourth-order valence-electron chi connectivity index (χ4n) is 4.04. The van der Waals surface area contributed by atoms with Gasteiger partial charge < -0.3 is 10.1 Å². The van der Waals surface area contributed by atoms with Crippen LogP contribution in [0.3, 0.4) is 0 Å². The molecule has 5 aromatic rings. The molecule has 0 bridgehead atoms. The van der Waals surface area contributed by atoms with E-state index < -0.39 is 0 Å². The zero-order valence-corrected chi connectivity index (χ0v) is 19.1. The molecule has 0 saturated heterocycles. The molecule has 0 spiro atoms. The van der Waals surface area contributed by atoms with Crippen LogP contribution in [0.1, 0.15) is 11.1 Å². The lowest BCUT2D eigenvalue weighted by Crippen LogP contribution is -2.25. The minimum absolute atomic E-state index is 0.125. The Bertz CT molecular complexity index is 1500. The smallest absolute Gasteiger partial charge is 0.259 e. The van der Waals surface area contributed by atoms with E-state index in [1.54, 1.807) is 6.21 Å². The van der Waals surface area contributed by atoms with Gasteiger partial charge in [-0.3, -0.25) is 4.79 Å². The van der Waals surface area contributed by atoms with Crippen LogP contribution in [0.4, 0.5) is 5.69 Å². The standard InChI is InChI=1S/C30H25N3O2/c34-30(20-31-29-17-7-12-24-10-2-4-16-28(24)29)33-32-19-22-8-5-14-26(18-22)35-21-25-13-6-11-23-9-1-3-15-27(23)25/h1-19,31H,20-21H2,(H,33,34)/b32-19-. The van der Waals surface area contributed by atoms with Crippen molar-refractivity contribution in [3.05, 3.63) is 120 Å². The number of hydrogen-bond acceptors (Lipinski definition) is 4. The third kappa shape index (κ3) is 5.47. The summed E-state index contributed by atoms with van der Waals surface area (Å²) in [6.07, 6.45) is 1.61. The molecule has 5 nitrogen and oxygen atoms in total. The first-order valence-corrected chi connectivity index (χ1v) is 11.5. The third-order valence-corrected chi connectivity index (χ3v) is 5.76. The summed E-state index contributed by atoms with van der Waals surface area (Å²) < 4.78 is 6.03. The number of carbonyl (C=O) groups excluding carboxylic acids is 1. The van der Waals surface area contributed by atoms with E-state index in [0.717, 1.165) is 33.3 Å². The zero-order chi connectivity index (χ0) is 23.9. The fraction of sp³-hybridized carbons (Fsp3) is 0.0667. The Kier molecular flexibility index (Phi) is 6.67. The van der Waals surface area contributed by atoms with E-state index in [-0.39, 0.29) is 12.5 Å². The van der Waals surface area contributed by atoms with Gasteiger partial charge in [0, 0.05) is 11.1 Å². The number of carbonyl (C=O) groups is 1. The summed E-state index contributed by atoms with van der Waals surface area (Å²) in [6, 6.07) is 36.2. The van der Waals surface area contributed by atoms with Gasteiger partial charge >= 0.3 is 0 Å². The maximum absolute atomic E-state index is 12.3. The molecule has 0 atom stereocenters. The number of fused-ring (bicyclic) bond motifs is 2. The maximum atomic E-state index is 12.3. The van der Waals surface area contributed by atoms with Crippen molar-refractivity contribution in [1.82, 2.24) is 5.43 Å². The highest BCUT2D eigenvalue weighted by Gasteiger charge is 2.04. The molecule has 0 aliphatic heterocycles. The van der Waals surface area contributed by atoms with Crippen molar-refractivity contribution >= 4 is 39.4 Å². The first kappa shape index (κ1) is 22.2. The second kappa shape index (κ2) is 10.5. The number of benzene rings is 5. The van der Waals surface area contributed by atoms with Crippen molar-refractivity contribution in [2.45, 2.75) is 6.61 Å². The van der Waals surface area contributed by atoms with Crippen LogP contribution in [0, 0.1) is 0 Å². The maximum Gasteiger partial charge on any atom is 0.259 e. The Morgan fingerprint density at radius 3 is 2.31 bits per heavy atom. The van der Waals surface area contributed by atoms with Gasteiger partial charge in [0.2, 0.25) is 0 Å². The van der Waals surface area contributed by atoms with Gasteiger partial charge in [0.15, 0.2) is 0 Å². The minimum Gasteiger partial charge on any atom is -0.489 e. The average Bonchev–Trinajstić information content (AvgIpc) is 2.91. The molecule has 172 valence electrons. The Morgan fingerprint density at radius 1 is 0.771 bits per heavy atom. The highest BCUT2D eigenvalue weighted by Crippen LogP contribution is 2.23. The lowest BCUT2D eigenvalue weighted by molar-refractivity contribution is -0.119. The molecule has 2 N–H and O–H groups in total. The Labute approximate surface area is 204 Å². The summed E-state index contributed by atoms with van der Waals surface area (Å²) in [7, 11) is 0. The average molecular weight is 460 g/mol. The van der Waals surface area contributed by atoms with Crippen LogP contribution >= 0.6 is 0 Å². The van der Waals surface area contributed by atoms with Gasteiger partial charge in [0.05, 0.1) is 12.8 Å². The Balaban J connectivity index is 1.16.